The number of carbonyl (C=O) groups is 2. The third kappa shape index (κ3) is 4.21. The third-order valence-corrected chi connectivity index (χ3v) is 5.49. The minimum Gasteiger partial charge on any atom is -0.478 e. The standard InChI is InChI=1S/C23H23N3O3/c27-22(21-12-15-26(24-21)19-7-2-1-3-8-19)25-13-10-17(11-14-25)16-18-6-4-5-9-20(18)23(28)29/h1-9,12,15,17H,10-11,13-14,16H2,(H,28,29). The Balaban J connectivity index is 1.37. The van der Waals surface area contributed by atoms with E-state index in [-0.39, 0.29) is 5.91 Å². The number of nitrogens with zero attached hydrogens (tertiary/aromatic N) is 3. The summed E-state index contributed by atoms with van der Waals surface area (Å²) in [5.41, 5.74) is 2.61. The van der Waals surface area contributed by atoms with E-state index in [9.17, 15) is 14.7 Å². The van der Waals surface area contributed by atoms with E-state index in [2.05, 4.69) is 5.10 Å². The van der Waals surface area contributed by atoms with E-state index in [0.717, 1.165) is 30.5 Å². The van der Waals surface area contributed by atoms with Crippen molar-refractivity contribution in [1.29, 1.82) is 0 Å². The van der Waals surface area contributed by atoms with Crippen molar-refractivity contribution in [3.05, 3.63) is 83.7 Å². The molecular formula is C23H23N3O3. The predicted octanol–water partition coefficient (Wildman–Crippen LogP) is 3.67. The number of amides is 1. The van der Waals surface area contributed by atoms with Crippen LogP contribution in [-0.4, -0.2) is 44.8 Å². The van der Waals surface area contributed by atoms with Gasteiger partial charge in [-0.05, 0) is 55.0 Å². The molecule has 1 aromatic heterocycles. The lowest BCUT2D eigenvalue weighted by Crippen LogP contribution is -2.39. The van der Waals surface area contributed by atoms with Crippen molar-refractivity contribution in [2.24, 2.45) is 5.92 Å². The summed E-state index contributed by atoms with van der Waals surface area (Å²) in [6.07, 6.45) is 4.25. The fraction of sp³-hybridized carbons (Fsp3) is 0.261. The van der Waals surface area contributed by atoms with Gasteiger partial charge in [-0.3, -0.25) is 4.79 Å². The van der Waals surface area contributed by atoms with Crippen molar-refractivity contribution in [2.45, 2.75) is 19.3 Å². The number of para-hydroxylation sites is 1. The number of carboxylic acids is 1. The van der Waals surface area contributed by atoms with Crippen LogP contribution in [0.15, 0.2) is 66.9 Å². The topological polar surface area (TPSA) is 75.4 Å². The molecule has 1 saturated heterocycles. The molecule has 0 atom stereocenters. The maximum absolute atomic E-state index is 12.8. The van der Waals surface area contributed by atoms with Gasteiger partial charge < -0.3 is 10.0 Å². The molecular weight excluding hydrogens is 366 g/mol. The Morgan fingerprint density at radius 1 is 0.966 bits per heavy atom. The zero-order chi connectivity index (χ0) is 20.2. The van der Waals surface area contributed by atoms with Gasteiger partial charge in [0.2, 0.25) is 0 Å². The van der Waals surface area contributed by atoms with Crippen LogP contribution < -0.4 is 0 Å². The van der Waals surface area contributed by atoms with Crippen molar-refractivity contribution < 1.29 is 14.7 Å². The van der Waals surface area contributed by atoms with Gasteiger partial charge in [-0.1, -0.05) is 36.4 Å². The van der Waals surface area contributed by atoms with Crippen molar-refractivity contribution >= 4 is 11.9 Å². The molecule has 6 nitrogen and oxygen atoms in total. The number of carbonyl (C=O) groups excluding carboxylic acids is 1. The summed E-state index contributed by atoms with van der Waals surface area (Å²) in [6, 6.07) is 18.6. The highest BCUT2D eigenvalue weighted by molar-refractivity contribution is 5.92. The Morgan fingerprint density at radius 3 is 2.38 bits per heavy atom. The first-order valence-electron chi connectivity index (χ1n) is 9.83. The Bertz CT molecular complexity index is 1000. The molecule has 2 heterocycles. The second-order valence-corrected chi connectivity index (χ2v) is 7.38. The molecule has 1 amide bonds. The monoisotopic (exact) mass is 389 g/mol. The van der Waals surface area contributed by atoms with Crippen LogP contribution in [0.4, 0.5) is 0 Å². The number of hydrogen-bond donors (Lipinski definition) is 1. The fourth-order valence-corrected chi connectivity index (χ4v) is 3.88. The van der Waals surface area contributed by atoms with Crippen LogP contribution in [-0.2, 0) is 6.42 Å². The zero-order valence-corrected chi connectivity index (χ0v) is 16.1. The van der Waals surface area contributed by atoms with Crippen molar-refractivity contribution in [3.63, 3.8) is 0 Å². The molecule has 1 fully saturated rings. The smallest absolute Gasteiger partial charge is 0.335 e. The molecule has 0 bridgehead atoms. The number of piperidine rings is 1. The average molecular weight is 389 g/mol. The summed E-state index contributed by atoms with van der Waals surface area (Å²) >= 11 is 0. The molecule has 3 aromatic rings. The Hall–Kier alpha value is -3.41. The largest absolute Gasteiger partial charge is 0.478 e. The zero-order valence-electron chi connectivity index (χ0n) is 16.1. The molecule has 148 valence electrons. The number of rotatable bonds is 5. The van der Waals surface area contributed by atoms with Crippen LogP contribution >= 0.6 is 0 Å². The van der Waals surface area contributed by atoms with Gasteiger partial charge in [-0.2, -0.15) is 5.10 Å². The lowest BCUT2D eigenvalue weighted by molar-refractivity contribution is 0.0684. The maximum atomic E-state index is 12.8. The van der Waals surface area contributed by atoms with Crippen LogP contribution in [0.2, 0.25) is 0 Å². The normalized spacial score (nSPS) is 14.7. The molecule has 6 heteroatoms. The Labute approximate surface area is 169 Å². The van der Waals surface area contributed by atoms with Gasteiger partial charge in [0.1, 0.15) is 0 Å². The van der Waals surface area contributed by atoms with Crippen LogP contribution in [0.25, 0.3) is 5.69 Å². The van der Waals surface area contributed by atoms with E-state index >= 15 is 0 Å². The van der Waals surface area contributed by atoms with E-state index in [1.54, 1.807) is 29.1 Å². The van der Waals surface area contributed by atoms with Gasteiger partial charge in [0.25, 0.3) is 5.91 Å². The lowest BCUT2D eigenvalue weighted by Gasteiger charge is -2.31. The molecule has 29 heavy (non-hydrogen) atoms. The SMILES string of the molecule is O=C(O)c1ccccc1CC1CCN(C(=O)c2ccn(-c3ccccc3)n2)CC1. The van der Waals surface area contributed by atoms with E-state index < -0.39 is 5.97 Å². The average Bonchev–Trinajstić information content (AvgIpc) is 3.25. The molecule has 1 aliphatic rings. The lowest BCUT2D eigenvalue weighted by atomic mass is 9.88. The van der Waals surface area contributed by atoms with Gasteiger partial charge >= 0.3 is 5.97 Å². The van der Waals surface area contributed by atoms with Crippen LogP contribution in [0.3, 0.4) is 0 Å². The summed E-state index contributed by atoms with van der Waals surface area (Å²) in [6.45, 7) is 1.33. The van der Waals surface area contributed by atoms with Gasteiger partial charge in [0.15, 0.2) is 5.69 Å². The maximum Gasteiger partial charge on any atom is 0.335 e. The highest BCUT2D eigenvalue weighted by Crippen LogP contribution is 2.24. The van der Waals surface area contributed by atoms with Gasteiger partial charge in [0.05, 0.1) is 11.3 Å². The molecule has 1 N–H and O–H groups in total. The highest BCUT2D eigenvalue weighted by atomic mass is 16.4. The van der Waals surface area contributed by atoms with Crippen molar-refractivity contribution in [1.82, 2.24) is 14.7 Å². The van der Waals surface area contributed by atoms with E-state index in [1.165, 1.54) is 0 Å². The van der Waals surface area contributed by atoms with E-state index in [1.807, 2.05) is 47.4 Å². The quantitative estimate of drug-likeness (QED) is 0.722. The van der Waals surface area contributed by atoms with Crippen molar-refractivity contribution in [2.75, 3.05) is 13.1 Å². The summed E-state index contributed by atoms with van der Waals surface area (Å²) < 4.78 is 1.71. The van der Waals surface area contributed by atoms with Crippen LogP contribution in [0.1, 0.15) is 39.3 Å². The first kappa shape index (κ1) is 18.9. The first-order chi connectivity index (χ1) is 14.1. The third-order valence-electron chi connectivity index (χ3n) is 5.49. The minimum absolute atomic E-state index is 0.0518. The van der Waals surface area contributed by atoms with Gasteiger partial charge in [-0.15, -0.1) is 0 Å². The highest BCUT2D eigenvalue weighted by Gasteiger charge is 2.26. The number of likely N-dealkylation sites (tertiary alicyclic amines) is 1. The molecule has 1 aliphatic heterocycles. The molecule has 4 rings (SSSR count). The second kappa shape index (κ2) is 8.31. The molecule has 0 radical (unpaired) electrons. The molecule has 0 unspecified atom stereocenters. The van der Waals surface area contributed by atoms with Gasteiger partial charge in [-0.25, -0.2) is 9.48 Å². The number of aromatic nitrogens is 2. The summed E-state index contributed by atoms with van der Waals surface area (Å²) in [4.78, 5) is 26.1. The van der Waals surface area contributed by atoms with Crippen LogP contribution in [0, 0.1) is 5.92 Å². The number of benzene rings is 2. The van der Waals surface area contributed by atoms with E-state index in [0.29, 0.717) is 30.3 Å². The number of hydrogen-bond acceptors (Lipinski definition) is 3. The molecule has 0 spiro atoms. The van der Waals surface area contributed by atoms with Gasteiger partial charge in [0, 0.05) is 19.3 Å². The summed E-state index contributed by atoms with van der Waals surface area (Å²) in [7, 11) is 0. The van der Waals surface area contributed by atoms with Crippen molar-refractivity contribution in [3.8, 4) is 5.69 Å². The molecule has 0 saturated carbocycles. The first-order valence-corrected chi connectivity index (χ1v) is 9.83. The predicted molar refractivity (Wildman–Crippen MR) is 109 cm³/mol. The fourth-order valence-electron chi connectivity index (χ4n) is 3.88. The summed E-state index contributed by atoms with van der Waals surface area (Å²) in [5.74, 6) is -0.562. The molecule has 2 aromatic carbocycles. The Kier molecular flexibility index (Phi) is 5.42. The summed E-state index contributed by atoms with van der Waals surface area (Å²) in [5, 5.41) is 13.8. The van der Waals surface area contributed by atoms with E-state index in [4.69, 9.17) is 0 Å². The minimum atomic E-state index is -0.887. The second-order valence-electron chi connectivity index (χ2n) is 7.38. The number of carboxylic acid groups (broad SMARTS) is 1. The molecule has 0 aliphatic carbocycles. The van der Waals surface area contributed by atoms with Crippen LogP contribution in [0.5, 0.6) is 0 Å². The Morgan fingerprint density at radius 2 is 1.66 bits per heavy atom. The number of aromatic carboxylic acids is 1.